The second-order valence-electron chi connectivity index (χ2n) is 7.94. The van der Waals surface area contributed by atoms with Gasteiger partial charge in [-0.1, -0.05) is 48.9 Å². The van der Waals surface area contributed by atoms with Crippen molar-refractivity contribution in [2.24, 2.45) is 5.92 Å². The van der Waals surface area contributed by atoms with Crippen LogP contribution in [0.5, 0.6) is 0 Å². The fourth-order valence-electron chi connectivity index (χ4n) is 4.50. The molecule has 1 heterocycles. The van der Waals surface area contributed by atoms with Crippen molar-refractivity contribution >= 4 is 11.6 Å². The molecule has 0 aromatic heterocycles. The molecule has 0 amide bonds. The standard InChI is InChI=1S/C23H28ClN/c1-17-11-13-25(14-12-17)23-10-8-20-15-19(7-9-22(20)23)6-5-18-3-2-4-21(24)16-18/h2-4,7,9,15-17,23H,5-6,8,10-14H2,1H3. The summed E-state index contributed by atoms with van der Waals surface area (Å²) in [6.07, 6.45) is 7.44. The molecule has 1 fully saturated rings. The Hall–Kier alpha value is -1.31. The van der Waals surface area contributed by atoms with Gasteiger partial charge in [-0.25, -0.2) is 0 Å². The lowest BCUT2D eigenvalue weighted by Crippen LogP contribution is -2.35. The Bertz CT molecular complexity index is 731. The molecule has 0 radical (unpaired) electrons. The summed E-state index contributed by atoms with van der Waals surface area (Å²) in [4.78, 5) is 2.73. The van der Waals surface area contributed by atoms with Crippen LogP contribution in [0.3, 0.4) is 0 Å². The molecule has 25 heavy (non-hydrogen) atoms. The second-order valence-corrected chi connectivity index (χ2v) is 8.37. The van der Waals surface area contributed by atoms with E-state index in [1.807, 2.05) is 12.1 Å². The van der Waals surface area contributed by atoms with Gasteiger partial charge in [-0.2, -0.15) is 0 Å². The van der Waals surface area contributed by atoms with Crippen LogP contribution in [-0.2, 0) is 19.3 Å². The van der Waals surface area contributed by atoms with Crippen molar-refractivity contribution in [3.8, 4) is 0 Å². The first-order valence-electron chi connectivity index (χ1n) is 9.79. The van der Waals surface area contributed by atoms with E-state index in [0.717, 1.165) is 23.8 Å². The van der Waals surface area contributed by atoms with Crippen molar-refractivity contribution in [3.05, 3.63) is 69.7 Å². The third kappa shape index (κ3) is 3.93. The van der Waals surface area contributed by atoms with Crippen molar-refractivity contribution < 1.29 is 0 Å². The van der Waals surface area contributed by atoms with Crippen molar-refractivity contribution in [2.75, 3.05) is 13.1 Å². The molecular weight excluding hydrogens is 326 g/mol. The van der Waals surface area contributed by atoms with Crippen molar-refractivity contribution in [3.63, 3.8) is 0 Å². The van der Waals surface area contributed by atoms with Crippen molar-refractivity contribution in [1.29, 1.82) is 0 Å². The van der Waals surface area contributed by atoms with Gasteiger partial charge in [0.1, 0.15) is 0 Å². The molecule has 0 N–H and O–H groups in total. The van der Waals surface area contributed by atoms with Crippen molar-refractivity contribution in [2.45, 2.75) is 51.5 Å². The largest absolute Gasteiger partial charge is 0.296 e. The molecule has 1 unspecified atom stereocenters. The second kappa shape index (κ2) is 7.51. The topological polar surface area (TPSA) is 3.24 Å². The molecule has 1 aliphatic carbocycles. The zero-order valence-corrected chi connectivity index (χ0v) is 15.9. The number of benzene rings is 2. The summed E-state index contributed by atoms with van der Waals surface area (Å²) in [7, 11) is 0. The molecule has 2 aromatic rings. The van der Waals surface area contributed by atoms with Crippen molar-refractivity contribution in [1.82, 2.24) is 4.90 Å². The normalized spacial score (nSPS) is 21.4. The molecule has 132 valence electrons. The van der Waals surface area contributed by atoms with E-state index < -0.39 is 0 Å². The molecule has 0 bridgehead atoms. The Labute approximate surface area is 157 Å². The van der Waals surface area contributed by atoms with E-state index in [1.54, 1.807) is 11.1 Å². The van der Waals surface area contributed by atoms with Crippen LogP contribution in [-0.4, -0.2) is 18.0 Å². The van der Waals surface area contributed by atoms with Crippen LogP contribution in [0, 0.1) is 5.92 Å². The number of likely N-dealkylation sites (tertiary alicyclic amines) is 1. The minimum Gasteiger partial charge on any atom is -0.296 e. The first kappa shape index (κ1) is 17.1. The summed E-state index contributed by atoms with van der Waals surface area (Å²) in [6.45, 7) is 4.95. The van der Waals surface area contributed by atoms with E-state index in [1.165, 1.54) is 49.9 Å². The minimum atomic E-state index is 0.671. The van der Waals surface area contributed by atoms with Gasteiger partial charge in [0.25, 0.3) is 0 Å². The highest BCUT2D eigenvalue weighted by molar-refractivity contribution is 6.30. The van der Waals surface area contributed by atoms with Gasteiger partial charge in [0, 0.05) is 11.1 Å². The Morgan fingerprint density at radius 3 is 2.48 bits per heavy atom. The number of rotatable bonds is 4. The molecule has 0 saturated carbocycles. The van der Waals surface area contributed by atoms with Gasteiger partial charge >= 0.3 is 0 Å². The van der Waals surface area contributed by atoms with E-state index >= 15 is 0 Å². The number of nitrogens with zero attached hydrogens (tertiary/aromatic N) is 1. The molecule has 1 nitrogen and oxygen atoms in total. The number of fused-ring (bicyclic) bond motifs is 1. The lowest BCUT2D eigenvalue weighted by atomic mass is 9.95. The quantitative estimate of drug-likeness (QED) is 0.667. The number of aryl methyl sites for hydroxylation is 3. The van der Waals surface area contributed by atoms with Crippen LogP contribution in [0.2, 0.25) is 5.02 Å². The summed E-state index contributed by atoms with van der Waals surface area (Å²) in [5, 5.41) is 0.838. The molecule has 4 rings (SSSR count). The molecule has 1 aliphatic heterocycles. The van der Waals surface area contributed by atoms with Gasteiger partial charge in [0.2, 0.25) is 0 Å². The molecular formula is C23H28ClN. The van der Waals surface area contributed by atoms with Crippen LogP contribution in [0.1, 0.15) is 54.5 Å². The molecule has 1 atom stereocenters. The maximum absolute atomic E-state index is 6.10. The van der Waals surface area contributed by atoms with Crippen LogP contribution in [0.15, 0.2) is 42.5 Å². The summed E-state index contributed by atoms with van der Waals surface area (Å²) in [5.74, 6) is 0.908. The van der Waals surface area contributed by atoms with Crippen LogP contribution >= 0.6 is 11.6 Å². The van der Waals surface area contributed by atoms with Gasteiger partial charge in [-0.3, -0.25) is 4.90 Å². The maximum Gasteiger partial charge on any atom is 0.0408 e. The van der Waals surface area contributed by atoms with E-state index in [0.29, 0.717) is 6.04 Å². The predicted molar refractivity (Wildman–Crippen MR) is 106 cm³/mol. The Morgan fingerprint density at radius 2 is 1.72 bits per heavy atom. The monoisotopic (exact) mass is 353 g/mol. The molecule has 2 aromatic carbocycles. The fourth-order valence-corrected chi connectivity index (χ4v) is 4.72. The zero-order valence-electron chi connectivity index (χ0n) is 15.2. The first-order valence-corrected chi connectivity index (χ1v) is 10.2. The van der Waals surface area contributed by atoms with Gasteiger partial charge < -0.3 is 0 Å². The van der Waals surface area contributed by atoms with Crippen LogP contribution in [0.25, 0.3) is 0 Å². The first-order chi connectivity index (χ1) is 12.2. The highest BCUT2D eigenvalue weighted by Crippen LogP contribution is 2.38. The minimum absolute atomic E-state index is 0.671. The third-order valence-electron chi connectivity index (χ3n) is 6.10. The van der Waals surface area contributed by atoms with Gasteiger partial charge in [-0.05, 0) is 91.9 Å². The molecule has 0 spiro atoms. The average molecular weight is 354 g/mol. The highest BCUT2D eigenvalue weighted by Gasteiger charge is 2.29. The van der Waals surface area contributed by atoms with Crippen LogP contribution < -0.4 is 0 Å². The number of piperidine rings is 1. The van der Waals surface area contributed by atoms with Gasteiger partial charge in [0.15, 0.2) is 0 Å². The summed E-state index contributed by atoms with van der Waals surface area (Å²) in [6, 6.07) is 16.2. The lowest BCUT2D eigenvalue weighted by molar-refractivity contribution is 0.137. The molecule has 1 saturated heterocycles. The summed E-state index contributed by atoms with van der Waals surface area (Å²) < 4.78 is 0. The van der Waals surface area contributed by atoms with E-state index in [-0.39, 0.29) is 0 Å². The molecule has 2 aliphatic rings. The van der Waals surface area contributed by atoms with Crippen LogP contribution in [0.4, 0.5) is 0 Å². The van der Waals surface area contributed by atoms with Gasteiger partial charge in [-0.15, -0.1) is 0 Å². The average Bonchev–Trinajstić information content (AvgIpc) is 3.04. The Balaban J connectivity index is 1.42. The maximum atomic E-state index is 6.10. The smallest absolute Gasteiger partial charge is 0.0408 e. The predicted octanol–water partition coefficient (Wildman–Crippen LogP) is 5.84. The number of halogens is 1. The lowest BCUT2D eigenvalue weighted by Gasteiger charge is -2.35. The Morgan fingerprint density at radius 1 is 0.960 bits per heavy atom. The fraction of sp³-hybridized carbons (Fsp3) is 0.478. The number of hydrogen-bond acceptors (Lipinski definition) is 1. The summed E-state index contributed by atoms with van der Waals surface area (Å²) in [5.41, 5.74) is 5.98. The zero-order chi connectivity index (χ0) is 17.2. The highest BCUT2D eigenvalue weighted by atomic mass is 35.5. The molecule has 2 heteroatoms. The summed E-state index contributed by atoms with van der Waals surface area (Å²) >= 11 is 6.10. The third-order valence-corrected chi connectivity index (χ3v) is 6.34. The van der Waals surface area contributed by atoms with Gasteiger partial charge in [0.05, 0.1) is 0 Å². The SMILES string of the molecule is CC1CCN(C2CCc3cc(CCc4cccc(Cl)c4)ccc32)CC1. The van der Waals surface area contributed by atoms with E-state index in [9.17, 15) is 0 Å². The number of hydrogen-bond donors (Lipinski definition) is 0. The Kier molecular flexibility index (Phi) is 5.15. The van der Waals surface area contributed by atoms with E-state index in [2.05, 4.69) is 42.2 Å². The van der Waals surface area contributed by atoms with E-state index in [4.69, 9.17) is 11.6 Å².